The number of hydrogen-bond acceptors (Lipinski definition) is 5. The van der Waals surface area contributed by atoms with Gasteiger partial charge >= 0.3 is 5.97 Å². The van der Waals surface area contributed by atoms with Gasteiger partial charge in [-0.2, -0.15) is 4.98 Å². The number of carbonyl (C=O) groups is 1. The van der Waals surface area contributed by atoms with E-state index < -0.39 is 5.97 Å². The first kappa shape index (κ1) is 17.7. The lowest BCUT2D eigenvalue weighted by atomic mass is 10.2. The van der Waals surface area contributed by atoms with Gasteiger partial charge in [-0.05, 0) is 42.5 Å². The summed E-state index contributed by atoms with van der Waals surface area (Å²) in [6.07, 6.45) is 0.325. The molecule has 1 heterocycles. The summed E-state index contributed by atoms with van der Waals surface area (Å²) < 4.78 is 10.3. The Balaban J connectivity index is 1.58. The summed E-state index contributed by atoms with van der Waals surface area (Å²) in [5.74, 6) is 0.559. The Morgan fingerprint density at radius 2 is 1.76 bits per heavy atom. The van der Waals surface area contributed by atoms with Gasteiger partial charge in [0.25, 0.3) is 0 Å². The molecule has 8 heteroatoms. The second kappa shape index (κ2) is 7.87. The molecule has 0 aliphatic heterocycles. The Bertz CT molecular complexity index is 894. The first-order chi connectivity index (χ1) is 12.0. The Hall–Kier alpha value is -2.08. The maximum absolute atomic E-state index is 11.9. The second-order valence-electron chi connectivity index (χ2n) is 5.07. The number of ether oxygens (including phenoxy) is 1. The molecule has 1 aromatic heterocycles. The van der Waals surface area contributed by atoms with Crippen LogP contribution in [0.4, 0.5) is 0 Å². The molecular formula is C17H11Cl3N2O3. The number of esters is 1. The van der Waals surface area contributed by atoms with Gasteiger partial charge < -0.3 is 9.26 Å². The van der Waals surface area contributed by atoms with E-state index in [4.69, 9.17) is 44.1 Å². The molecule has 3 rings (SSSR count). The molecule has 5 nitrogen and oxygen atoms in total. The van der Waals surface area contributed by atoms with Gasteiger partial charge in [-0.3, -0.25) is 4.79 Å². The predicted octanol–water partition coefficient (Wildman–Crippen LogP) is 5.24. The number of carbonyl (C=O) groups excluding carboxylic acids is 1. The number of halogens is 3. The lowest BCUT2D eigenvalue weighted by Crippen LogP contribution is -2.09. The fourth-order valence-corrected chi connectivity index (χ4v) is 2.59. The minimum atomic E-state index is -0.463. The van der Waals surface area contributed by atoms with Crippen LogP contribution in [0, 0.1) is 0 Å². The van der Waals surface area contributed by atoms with E-state index in [1.807, 2.05) is 0 Å². The van der Waals surface area contributed by atoms with Gasteiger partial charge in [-0.1, -0.05) is 40.0 Å². The van der Waals surface area contributed by atoms with Crippen molar-refractivity contribution in [3.8, 4) is 17.1 Å². The summed E-state index contributed by atoms with van der Waals surface area (Å²) in [5, 5.41) is 5.24. The smallest absolute Gasteiger partial charge is 0.311 e. The van der Waals surface area contributed by atoms with Crippen LogP contribution in [0.25, 0.3) is 11.4 Å². The van der Waals surface area contributed by atoms with E-state index in [1.54, 1.807) is 30.3 Å². The monoisotopic (exact) mass is 396 g/mol. The zero-order valence-electron chi connectivity index (χ0n) is 12.7. The molecule has 2 aromatic carbocycles. The van der Waals surface area contributed by atoms with E-state index in [2.05, 4.69) is 10.1 Å². The molecule has 0 aliphatic carbocycles. The average Bonchev–Trinajstić information content (AvgIpc) is 3.05. The molecule has 0 aliphatic rings. The van der Waals surface area contributed by atoms with E-state index in [0.717, 1.165) is 5.56 Å². The number of benzene rings is 2. The standard InChI is InChI=1S/C17H11Cl3N2O3/c18-11-3-1-10(2-4-11)17-21-15(25-22-17)7-8-16(23)24-14-6-5-12(19)9-13(14)20/h1-6,9H,7-8H2. The second-order valence-corrected chi connectivity index (χ2v) is 6.35. The molecule has 25 heavy (non-hydrogen) atoms. The third-order valence-electron chi connectivity index (χ3n) is 3.23. The number of rotatable bonds is 5. The minimum absolute atomic E-state index is 0.0706. The van der Waals surface area contributed by atoms with E-state index in [-0.39, 0.29) is 23.6 Å². The number of aryl methyl sites for hydroxylation is 1. The van der Waals surface area contributed by atoms with Crippen LogP contribution in [-0.4, -0.2) is 16.1 Å². The molecule has 0 saturated carbocycles. The van der Waals surface area contributed by atoms with Crippen LogP contribution in [-0.2, 0) is 11.2 Å². The highest BCUT2D eigenvalue weighted by molar-refractivity contribution is 6.35. The van der Waals surface area contributed by atoms with Crippen LogP contribution in [0.15, 0.2) is 47.0 Å². The normalized spacial score (nSPS) is 10.7. The van der Waals surface area contributed by atoms with Gasteiger partial charge in [0.15, 0.2) is 0 Å². The predicted molar refractivity (Wildman–Crippen MR) is 95.2 cm³/mol. The molecule has 0 N–H and O–H groups in total. The van der Waals surface area contributed by atoms with Crippen LogP contribution < -0.4 is 4.74 Å². The summed E-state index contributed by atoms with van der Waals surface area (Å²) in [6.45, 7) is 0. The minimum Gasteiger partial charge on any atom is -0.425 e. The highest BCUT2D eigenvalue weighted by atomic mass is 35.5. The SMILES string of the molecule is O=C(CCc1nc(-c2ccc(Cl)cc2)no1)Oc1ccc(Cl)cc1Cl. The highest BCUT2D eigenvalue weighted by Gasteiger charge is 2.13. The first-order valence-electron chi connectivity index (χ1n) is 7.25. The van der Waals surface area contributed by atoms with Crippen molar-refractivity contribution in [2.45, 2.75) is 12.8 Å². The van der Waals surface area contributed by atoms with Crippen LogP contribution >= 0.6 is 34.8 Å². The highest BCUT2D eigenvalue weighted by Crippen LogP contribution is 2.28. The van der Waals surface area contributed by atoms with Crippen LogP contribution in [0.5, 0.6) is 5.75 Å². The van der Waals surface area contributed by atoms with Crippen molar-refractivity contribution in [2.75, 3.05) is 0 Å². The zero-order chi connectivity index (χ0) is 17.8. The Morgan fingerprint density at radius 3 is 2.48 bits per heavy atom. The fourth-order valence-electron chi connectivity index (χ4n) is 2.01. The van der Waals surface area contributed by atoms with Crippen LogP contribution in [0.3, 0.4) is 0 Å². The molecule has 0 spiro atoms. The topological polar surface area (TPSA) is 65.2 Å². The average molecular weight is 398 g/mol. The number of aromatic nitrogens is 2. The van der Waals surface area contributed by atoms with E-state index >= 15 is 0 Å². The summed E-state index contributed by atoms with van der Waals surface area (Å²) in [6, 6.07) is 11.7. The third kappa shape index (κ3) is 4.72. The Labute approximate surface area is 158 Å². The quantitative estimate of drug-likeness (QED) is 0.435. The molecule has 0 saturated heterocycles. The molecule has 3 aromatic rings. The summed E-state index contributed by atoms with van der Waals surface area (Å²) in [7, 11) is 0. The third-order valence-corrected chi connectivity index (χ3v) is 4.01. The maximum atomic E-state index is 11.9. The van der Waals surface area contributed by atoms with Crippen LogP contribution in [0.2, 0.25) is 15.1 Å². The van der Waals surface area contributed by atoms with Crippen molar-refractivity contribution >= 4 is 40.8 Å². The van der Waals surface area contributed by atoms with E-state index in [0.29, 0.717) is 21.8 Å². The number of hydrogen-bond donors (Lipinski definition) is 0. The Kier molecular flexibility index (Phi) is 5.58. The molecule has 0 radical (unpaired) electrons. The molecule has 128 valence electrons. The van der Waals surface area contributed by atoms with Crippen LogP contribution in [0.1, 0.15) is 12.3 Å². The van der Waals surface area contributed by atoms with Gasteiger partial charge in [0.2, 0.25) is 11.7 Å². The largest absolute Gasteiger partial charge is 0.425 e. The van der Waals surface area contributed by atoms with Crippen molar-refractivity contribution in [1.29, 1.82) is 0 Å². The maximum Gasteiger partial charge on any atom is 0.311 e. The van der Waals surface area contributed by atoms with Crippen molar-refractivity contribution < 1.29 is 14.1 Å². The molecular weight excluding hydrogens is 387 g/mol. The van der Waals surface area contributed by atoms with Gasteiger partial charge in [0, 0.05) is 22.0 Å². The fraction of sp³-hybridized carbons (Fsp3) is 0.118. The summed E-state index contributed by atoms with van der Waals surface area (Å²) >= 11 is 17.6. The Morgan fingerprint density at radius 1 is 1.04 bits per heavy atom. The van der Waals surface area contributed by atoms with Gasteiger partial charge in [0.05, 0.1) is 11.4 Å². The molecule has 0 bridgehead atoms. The van der Waals surface area contributed by atoms with Gasteiger partial charge in [-0.15, -0.1) is 0 Å². The van der Waals surface area contributed by atoms with E-state index in [1.165, 1.54) is 12.1 Å². The molecule has 0 unspecified atom stereocenters. The molecule has 0 amide bonds. The number of nitrogens with zero attached hydrogens (tertiary/aromatic N) is 2. The van der Waals surface area contributed by atoms with Crippen molar-refractivity contribution in [3.05, 3.63) is 63.4 Å². The van der Waals surface area contributed by atoms with Gasteiger partial charge in [0.1, 0.15) is 5.75 Å². The van der Waals surface area contributed by atoms with Crippen molar-refractivity contribution in [2.24, 2.45) is 0 Å². The summed E-state index contributed by atoms with van der Waals surface area (Å²) in [5.41, 5.74) is 0.773. The lowest BCUT2D eigenvalue weighted by molar-refractivity contribution is -0.134. The first-order valence-corrected chi connectivity index (χ1v) is 8.39. The summed E-state index contributed by atoms with van der Waals surface area (Å²) in [4.78, 5) is 16.2. The zero-order valence-corrected chi connectivity index (χ0v) is 15.0. The van der Waals surface area contributed by atoms with E-state index in [9.17, 15) is 4.79 Å². The molecule has 0 atom stereocenters. The van der Waals surface area contributed by atoms with Crippen molar-refractivity contribution in [1.82, 2.24) is 10.1 Å². The van der Waals surface area contributed by atoms with Crippen molar-refractivity contribution in [3.63, 3.8) is 0 Å². The lowest BCUT2D eigenvalue weighted by Gasteiger charge is -2.05. The van der Waals surface area contributed by atoms with Gasteiger partial charge in [-0.25, -0.2) is 0 Å². The molecule has 0 fully saturated rings.